The van der Waals surface area contributed by atoms with E-state index in [2.05, 4.69) is 5.32 Å². The lowest BCUT2D eigenvalue weighted by molar-refractivity contribution is 0.0949. The summed E-state index contributed by atoms with van der Waals surface area (Å²) in [6.45, 7) is 1.21. The molecule has 9 heteroatoms. The summed E-state index contributed by atoms with van der Waals surface area (Å²) in [7, 11) is -1.15. The van der Waals surface area contributed by atoms with Crippen LogP contribution in [0.4, 0.5) is 4.39 Å². The molecule has 0 aliphatic rings. The molecule has 7 nitrogen and oxygen atoms in total. The number of carbonyl (C=O) groups excluding carboxylic acids is 1. The highest BCUT2D eigenvalue weighted by molar-refractivity contribution is 7.91. The smallest absolute Gasteiger partial charge is 0.255 e. The quantitative estimate of drug-likeness (QED) is 0.529. The summed E-state index contributed by atoms with van der Waals surface area (Å²) in [6, 6.07) is 11.4. The summed E-state index contributed by atoms with van der Waals surface area (Å²) in [6.07, 6.45) is 1.35. The number of furan rings is 1. The third-order valence-corrected chi connectivity index (χ3v) is 6.85. The number of sulfone groups is 1. The van der Waals surface area contributed by atoms with Gasteiger partial charge in [-0.05, 0) is 55.0 Å². The molecule has 3 rings (SSSR count). The molecule has 0 radical (unpaired) electrons. The summed E-state index contributed by atoms with van der Waals surface area (Å²) in [5, 5.41) is 1.41. The van der Waals surface area contributed by atoms with Gasteiger partial charge in [-0.1, -0.05) is 6.07 Å². The third kappa shape index (κ3) is 4.56. The zero-order chi connectivity index (χ0) is 22.6. The standard InChI is InChI=1S/C22H22FNO6S/c1-14-12-15(9-10-17(14)23)31(26,27)20(18-8-5-11-30-18)13-24-22(25)16-6-4-7-19(28-2)21(16)29-3/h4-12,20H,13H2,1-3H3,(H,24,25)/t20-/m0/s1. The van der Waals surface area contributed by atoms with E-state index in [1.54, 1.807) is 18.2 Å². The molecule has 3 aromatic rings. The van der Waals surface area contributed by atoms with Crippen LogP contribution in [-0.2, 0) is 9.84 Å². The molecule has 0 unspecified atom stereocenters. The van der Waals surface area contributed by atoms with Gasteiger partial charge in [-0.3, -0.25) is 4.79 Å². The van der Waals surface area contributed by atoms with E-state index in [1.807, 2.05) is 0 Å². The van der Waals surface area contributed by atoms with Gasteiger partial charge in [0.1, 0.15) is 16.8 Å². The van der Waals surface area contributed by atoms with E-state index in [0.29, 0.717) is 5.75 Å². The second-order valence-corrected chi connectivity index (χ2v) is 8.84. The van der Waals surface area contributed by atoms with Crippen LogP contribution in [0, 0.1) is 12.7 Å². The van der Waals surface area contributed by atoms with Gasteiger partial charge in [0.15, 0.2) is 21.3 Å². The van der Waals surface area contributed by atoms with Crippen molar-refractivity contribution in [2.75, 3.05) is 20.8 Å². The van der Waals surface area contributed by atoms with Gasteiger partial charge in [0.05, 0.1) is 30.9 Å². The van der Waals surface area contributed by atoms with Crippen molar-refractivity contribution in [1.82, 2.24) is 5.32 Å². The maximum atomic E-state index is 13.6. The lowest BCUT2D eigenvalue weighted by Gasteiger charge is -2.18. The average Bonchev–Trinajstić information content (AvgIpc) is 3.29. The van der Waals surface area contributed by atoms with Gasteiger partial charge in [-0.2, -0.15) is 0 Å². The Kier molecular flexibility index (Phi) is 6.65. The van der Waals surface area contributed by atoms with Crippen molar-refractivity contribution in [2.24, 2.45) is 0 Å². The van der Waals surface area contributed by atoms with Gasteiger partial charge in [0, 0.05) is 6.54 Å². The number of hydrogen-bond donors (Lipinski definition) is 1. The average molecular weight is 447 g/mol. The molecule has 1 N–H and O–H groups in total. The normalized spacial score (nSPS) is 12.3. The van der Waals surface area contributed by atoms with Gasteiger partial charge in [-0.15, -0.1) is 0 Å². The van der Waals surface area contributed by atoms with E-state index in [-0.39, 0.29) is 34.1 Å². The monoisotopic (exact) mass is 447 g/mol. The highest BCUT2D eigenvalue weighted by Gasteiger charge is 2.32. The molecule has 164 valence electrons. The summed E-state index contributed by atoms with van der Waals surface area (Å²) in [5.74, 6) is -0.300. The maximum Gasteiger partial charge on any atom is 0.255 e. The number of carbonyl (C=O) groups is 1. The fourth-order valence-corrected chi connectivity index (χ4v) is 4.81. The van der Waals surface area contributed by atoms with Crippen LogP contribution >= 0.6 is 0 Å². The van der Waals surface area contributed by atoms with Gasteiger partial charge in [-0.25, -0.2) is 12.8 Å². The van der Waals surface area contributed by atoms with Crippen LogP contribution in [0.5, 0.6) is 11.5 Å². The van der Waals surface area contributed by atoms with Crippen LogP contribution in [0.3, 0.4) is 0 Å². The van der Waals surface area contributed by atoms with E-state index < -0.39 is 26.8 Å². The van der Waals surface area contributed by atoms with E-state index in [0.717, 1.165) is 6.07 Å². The first kappa shape index (κ1) is 22.4. The molecular weight excluding hydrogens is 425 g/mol. The number of aryl methyl sites for hydroxylation is 1. The van der Waals surface area contributed by atoms with E-state index in [1.165, 1.54) is 51.7 Å². The molecular formula is C22H22FNO6S. The number of amides is 1. The van der Waals surface area contributed by atoms with Crippen molar-refractivity contribution >= 4 is 15.7 Å². The molecule has 0 saturated heterocycles. The predicted octanol–water partition coefficient (Wildman–Crippen LogP) is 3.69. The Morgan fingerprint density at radius 3 is 2.52 bits per heavy atom. The number of nitrogens with one attached hydrogen (secondary N) is 1. The molecule has 0 aliphatic heterocycles. The summed E-state index contributed by atoms with van der Waals surface area (Å²) in [4.78, 5) is 12.7. The second-order valence-electron chi connectivity index (χ2n) is 6.71. The Hall–Kier alpha value is -3.33. The highest BCUT2D eigenvalue weighted by atomic mass is 32.2. The Bertz CT molecular complexity index is 1170. The number of methoxy groups -OCH3 is 2. The molecule has 1 heterocycles. The molecule has 0 bridgehead atoms. The number of ether oxygens (including phenoxy) is 2. The second kappa shape index (κ2) is 9.22. The topological polar surface area (TPSA) is 94.8 Å². The molecule has 0 spiro atoms. The summed E-state index contributed by atoms with van der Waals surface area (Å²) < 4.78 is 56.0. The molecule has 1 atom stereocenters. The zero-order valence-electron chi connectivity index (χ0n) is 17.2. The molecule has 1 aromatic heterocycles. The van der Waals surface area contributed by atoms with Crippen LogP contribution in [0.15, 0.2) is 64.1 Å². The van der Waals surface area contributed by atoms with Crippen molar-refractivity contribution in [3.8, 4) is 11.5 Å². The SMILES string of the molecule is COc1cccc(C(=O)NC[C@@H](c2ccco2)S(=O)(=O)c2ccc(F)c(C)c2)c1OC. The zero-order valence-corrected chi connectivity index (χ0v) is 18.0. The summed E-state index contributed by atoms with van der Waals surface area (Å²) in [5.41, 5.74) is 0.388. The minimum absolute atomic E-state index is 0.0685. The minimum atomic E-state index is -4.00. The largest absolute Gasteiger partial charge is 0.493 e. The van der Waals surface area contributed by atoms with Gasteiger partial charge in [0.2, 0.25) is 0 Å². The van der Waals surface area contributed by atoms with E-state index >= 15 is 0 Å². The van der Waals surface area contributed by atoms with Gasteiger partial charge >= 0.3 is 0 Å². The molecule has 0 saturated carbocycles. The third-order valence-electron chi connectivity index (χ3n) is 4.79. The van der Waals surface area contributed by atoms with Crippen molar-refractivity contribution in [3.63, 3.8) is 0 Å². The molecule has 2 aromatic carbocycles. The van der Waals surface area contributed by atoms with Crippen LogP contribution < -0.4 is 14.8 Å². The van der Waals surface area contributed by atoms with Crippen LogP contribution in [0.25, 0.3) is 0 Å². The van der Waals surface area contributed by atoms with Crippen molar-refractivity contribution in [2.45, 2.75) is 17.1 Å². The maximum absolute atomic E-state index is 13.6. The highest BCUT2D eigenvalue weighted by Crippen LogP contribution is 2.32. The van der Waals surface area contributed by atoms with Crippen LogP contribution in [-0.4, -0.2) is 35.1 Å². The van der Waals surface area contributed by atoms with Gasteiger partial charge in [0.25, 0.3) is 5.91 Å². The van der Waals surface area contributed by atoms with E-state index in [4.69, 9.17) is 13.9 Å². The molecule has 0 fully saturated rings. The van der Waals surface area contributed by atoms with Crippen molar-refractivity contribution in [3.05, 3.63) is 77.5 Å². The van der Waals surface area contributed by atoms with E-state index in [9.17, 15) is 17.6 Å². The predicted molar refractivity (Wildman–Crippen MR) is 112 cm³/mol. The van der Waals surface area contributed by atoms with Crippen molar-refractivity contribution in [1.29, 1.82) is 0 Å². The number of rotatable bonds is 8. The summed E-state index contributed by atoms with van der Waals surface area (Å²) >= 11 is 0. The molecule has 1 amide bonds. The Morgan fingerprint density at radius 2 is 1.90 bits per heavy atom. The first-order valence-electron chi connectivity index (χ1n) is 9.32. The minimum Gasteiger partial charge on any atom is -0.493 e. The Labute approximate surface area is 179 Å². The number of hydrogen-bond acceptors (Lipinski definition) is 6. The molecule has 31 heavy (non-hydrogen) atoms. The first-order chi connectivity index (χ1) is 14.8. The number of para-hydroxylation sites is 1. The fraction of sp³-hybridized carbons (Fsp3) is 0.227. The number of benzene rings is 2. The van der Waals surface area contributed by atoms with Crippen LogP contribution in [0.2, 0.25) is 0 Å². The molecule has 0 aliphatic carbocycles. The Balaban J connectivity index is 1.92. The van der Waals surface area contributed by atoms with Crippen molar-refractivity contribution < 1.29 is 31.5 Å². The Morgan fingerprint density at radius 1 is 1.13 bits per heavy atom. The lowest BCUT2D eigenvalue weighted by atomic mass is 10.1. The van der Waals surface area contributed by atoms with Crippen LogP contribution in [0.1, 0.15) is 26.9 Å². The fourth-order valence-electron chi connectivity index (χ4n) is 3.14. The lowest BCUT2D eigenvalue weighted by Crippen LogP contribution is -2.32. The number of halogens is 1. The first-order valence-corrected chi connectivity index (χ1v) is 10.9. The van der Waals surface area contributed by atoms with Gasteiger partial charge < -0.3 is 19.2 Å².